The summed E-state index contributed by atoms with van der Waals surface area (Å²) in [5.41, 5.74) is 2.56. The Labute approximate surface area is 193 Å². The summed E-state index contributed by atoms with van der Waals surface area (Å²) in [5.74, 6) is -0.859. The van der Waals surface area contributed by atoms with Crippen molar-refractivity contribution in [1.29, 1.82) is 0 Å². The van der Waals surface area contributed by atoms with E-state index in [0.29, 0.717) is 16.3 Å². The van der Waals surface area contributed by atoms with Crippen molar-refractivity contribution in [2.75, 3.05) is 16.0 Å². The molecule has 0 aromatic heterocycles. The average Bonchev–Trinajstić information content (AvgIpc) is 3.11. The number of para-hydroxylation sites is 1. The molecule has 1 aliphatic rings. The number of hydrogen-bond donors (Lipinski definition) is 1. The van der Waals surface area contributed by atoms with E-state index in [9.17, 15) is 14.0 Å². The zero-order valence-corrected chi connectivity index (χ0v) is 18.7. The molecule has 3 aromatic rings. The Kier molecular flexibility index (Phi) is 6.23. The maximum atomic E-state index is 14.6. The molecule has 31 heavy (non-hydrogen) atoms. The standard InChI is InChI=1S/C23H17Cl2FN2O2S/c1-13-6-9-18(26)20(10-13)28-21(29)12-31-23(28)16-4-2-3-5-19(16)27-22(30)15-8-7-14(24)11-17(15)25/h2-11,23H,12H2,1H3,(H,27,30). The molecule has 1 fully saturated rings. The third-order valence-electron chi connectivity index (χ3n) is 4.88. The van der Waals surface area contributed by atoms with Gasteiger partial charge in [0.25, 0.3) is 5.91 Å². The van der Waals surface area contributed by atoms with Crippen molar-refractivity contribution < 1.29 is 14.0 Å². The minimum absolute atomic E-state index is 0.193. The molecular weight excluding hydrogens is 458 g/mol. The minimum atomic E-state index is -0.485. The second-order valence-electron chi connectivity index (χ2n) is 7.05. The van der Waals surface area contributed by atoms with E-state index >= 15 is 0 Å². The Hall–Kier alpha value is -2.54. The van der Waals surface area contributed by atoms with Crippen molar-refractivity contribution in [2.24, 2.45) is 0 Å². The Bertz CT molecular complexity index is 1190. The van der Waals surface area contributed by atoms with Crippen LogP contribution in [0, 0.1) is 12.7 Å². The minimum Gasteiger partial charge on any atom is -0.322 e. The number of amides is 2. The highest BCUT2D eigenvalue weighted by atomic mass is 35.5. The van der Waals surface area contributed by atoms with Gasteiger partial charge in [0.1, 0.15) is 11.2 Å². The largest absolute Gasteiger partial charge is 0.322 e. The maximum Gasteiger partial charge on any atom is 0.257 e. The number of anilines is 2. The van der Waals surface area contributed by atoms with E-state index in [-0.39, 0.29) is 27.9 Å². The van der Waals surface area contributed by atoms with Crippen LogP contribution in [-0.2, 0) is 4.79 Å². The number of halogens is 3. The Morgan fingerprint density at radius 1 is 1.13 bits per heavy atom. The molecule has 1 saturated heterocycles. The van der Waals surface area contributed by atoms with Crippen LogP contribution in [0.3, 0.4) is 0 Å². The molecule has 3 aromatic carbocycles. The average molecular weight is 475 g/mol. The van der Waals surface area contributed by atoms with E-state index in [4.69, 9.17) is 23.2 Å². The van der Waals surface area contributed by atoms with Crippen LogP contribution >= 0.6 is 35.0 Å². The summed E-state index contributed by atoms with van der Waals surface area (Å²) in [6.45, 7) is 1.84. The zero-order chi connectivity index (χ0) is 22.1. The molecule has 0 saturated carbocycles. The second kappa shape index (κ2) is 8.91. The highest BCUT2D eigenvalue weighted by Crippen LogP contribution is 2.45. The number of hydrogen-bond acceptors (Lipinski definition) is 3. The van der Waals surface area contributed by atoms with Crippen LogP contribution in [0.15, 0.2) is 60.7 Å². The summed E-state index contributed by atoms with van der Waals surface area (Å²) in [6.07, 6.45) is 0. The first-order chi connectivity index (χ1) is 14.8. The van der Waals surface area contributed by atoms with Crippen LogP contribution in [0.1, 0.15) is 26.9 Å². The Morgan fingerprint density at radius 3 is 2.68 bits per heavy atom. The topological polar surface area (TPSA) is 49.4 Å². The number of benzene rings is 3. The fourth-order valence-corrected chi connectivity index (χ4v) is 5.11. The lowest BCUT2D eigenvalue weighted by molar-refractivity contribution is -0.115. The molecule has 0 aliphatic carbocycles. The van der Waals surface area contributed by atoms with Gasteiger partial charge in [-0.15, -0.1) is 11.8 Å². The first-order valence-corrected chi connectivity index (χ1v) is 11.2. The highest BCUT2D eigenvalue weighted by molar-refractivity contribution is 8.00. The molecular formula is C23H17Cl2FN2O2S. The predicted octanol–water partition coefficient (Wildman–Crippen LogP) is 6.47. The van der Waals surface area contributed by atoms with Gasteiger partial charge in [-0.1, -0.05) is 47.5 Å². The predicted molar refractivity (Wildman–Crippen MR) is 125 cm³/mol. The molecule has 1 heterocycles. The first-order valence-electron chi connectivity index (χ1n) is 9.40. The van der Waals surface area contributed by atoms with Crippen LogP contribution < -0.4 is 10.2 Å². The fraction of sp³-hybridized carbons (Fsp3) is 0.130. The maximum absolute atomic E-state index is 14.6. The van der Waals surface area contributed by atoms with E-state index in [2.05, 4.69) is 5.32 Å². The van der Waals surface area contributed by atoms with Crippen LogP contribution in [-0.4, -0.2) is 17.6 Å². The molecule has 0 spiro atoms. The van der Waals surface area contributed by atoms with Crippen molar-refractivity contribution in [2.45, 2.75) is 12.3 Å². The van der Waals surface area contributed by atoms with E-state index in [1.807, 2.05) is 19.1 Å². The second-order valence-corrected chi connectivity index (χ2v) is 8.96. The van der Waals surface area contributed by atoms with Gasteiger partial charge < -0.3 is 5.32 Å². The van der Waals surface area contributed by atoms with Crippen molar-refractivity contribution in [1.82, 2.24) is 0 Å². The molecule has 0 bridgehead atoms. The quantitative estimate of drug-likeness (QED) is 0.471. The van der Waals surface area contributed by atoms with Crippen molar-refractivity contribution in [3.05, 3.63) is 93.2 Å². The van der Waals surface area contributed by atoms with E-state index < -0.39 is 17.1 Å². The third kappa shape index (κ3) is 4.42. The normalized spacial score (nSPS) is 15.9. The van der Waals surface area contributed by atoms with Crippen molar-refractivity contribution >= 4 is 58.2 Å². The van der Waals surface area contributed by atoms with Gasteiger partial charge in [0.2, 0.25) is 5.91 Å². The molecule has 4 rings (SSSR count). The molecule has 2 amide bonds. The lowest BCUT2D eigenvalue weighted by atomic mass is 10.1. The zero-order valence-electron chi connectivity index (χ0n) is 16.4. The summed E-state index contributed by atoms with van der Waals surface area (Å²) in [7, 11) is 0. The number of nitrogens with zero attached hydrogens (tertiary/aromatic N) is 1. The van der Waals surface area contributed by atoms with Crippen LogP contribution in [0.4, 0.5) is 15.8 Å². The number of aryl methyl sites for hydroxylation is 1. The highest BCUT2D eigenvalue weighted by Gasteiger charge is 2.37. The monoisotopic (exact) mass is 474 g/mol. The number of thioether (sulfide) groups is 1. The smallest absolute Gasteiger partial charge is 0.257 e. The van der Waals surface area contributed by atoms with Gasteiger partial charge in [0, 0.05) is 16.3 Å². The Morgan fingerprint density at radius 2 is 1.90 bits per heavy atom. The lowest BCUT2D eigenvalue weighted by Gasteiger charge is -2.26. The molecule has 1 N–H and O–H groups in total. The van der Waals surface area contributed by atoms with Gasteiger partial charge in [0.15, 0.2) is 0 Å². The van der Waals surface area contributed by atoms with Crippen molar-refractivity contribution in [3.8, 4) is 0 Å². The van der Waals surface area contributed by atoms with Gasteiger partial charge in [-0.05, 0) is 48.9 Å². The summed E-state index contributed by atoms with van der Waals surface area (Å²) < 4.78 is 14.6. The van der Waals surface area contributed by atoms with Gasteiger partial charge >= 0.3 is 0 Å². The Balaban J connectivity index is 1.70. The summed E-state index contributed by atoms with van der Waals surface area (Å²) >= 11 is 13.5. The van der Waals surface area contributed by atoms with Crippen LogP contribution in [0.2, 0.25) is 10.0 Å². The molecule has 1 atom stereocenters. The summed E-state index contributed by atoms with van der Waals surface area (Å²) in [6, 6.07) is 16.4. The number of nitrogens with one attached hydrogen (secondary N) is 1. The third-order valence-corrected chi connectivity index (χ3v) is 6.62. The SMILES string of the molecule is Cc1ccc(F)c(N2C(=O)CSC2c2ccccc2NC(=O)c2ccc(Cl)cc2Cl)c1. The first kappa shape index (κ1) is 21.7. The van der Waals surface area contributed by atoms with Crippen LogP contribution in [0.5, 0.6) is 0 Å². The van der Waals surface area contributed by atoms with Crippen molar-refractivity contribution in [3.63, 3.8) is 0 Å². The number of carbonyl (C=O) groups excluding carboxylic acids is 2. The van der Waals surface area contributed by atoms with Crippen LogP contribution in [0.25, 0.3) is 0 Å². The summed E-state index contributed by atoms with van der Waals surface area (Å²) in [4.78, 5) is 27.0. The van der Waals surface area contributed by atoms with Gasteiger partial charge in [-0.3, -0.25) is 14.5 Å². The summed E-state index contributed by atoms with van der Waals surface area (Å²) in [5, 5.41) is 3.04. The molecule has 0 radical (unpaired) electrons. The van der Waals surface area contributed by atoms with Gasteiger partial charge in [0.05, 0.1) is 22.0 Å². The lowest BCUT2D eigenvalue weighted by Crippen LogP contribution is -2.29. The molecule has 158 valence electrons. The fourth-order valence-electron chi connectivity index (χ4n) is 3.41. The van der Waals surface area contributed by atoms with Gasteiger partial charge in [-0.25, -0.2) is 4.39 Å². The number of carbonyl (C=O) groups is 2. The molecule has 1 unspecified atom stereocenters. The van der Waals surface area contributed by atoms with Gasteiger partial charge in [-0.2, -0.15) is 0 Å². The number of rotatable bonds is 4. The molecule has 1 aliphatic heterocycles. The molecule has 8 heteroatoms. The van der Waals surface area contributed by atoms with E-state index in [1.54, 1.807) is 36.4 Å². The van der Waals surface area contributed by atoms with E-state index in [0.717, 1.165) is 5.56 Å². The van der Waals surface area contributed by atoms with E-state index in [1.165, 1.54) is 28.8 Å². The molecule has 4 nitrogen and oxygen atoms in total.